The van der Waals surface area contributed by atoms with Gasteiger partial charge in [0.25, 0.3) is 0 Å². The van der Waals surface area contributed by atoms with E-state index in [0.29, 0.717) is 12.4 Å². The predicted molar refractivity (Wildman–Crippen MR) is 63.9 cm³/mol. The van der Waals surface area contributed by atoms with Crippen LogP contribution in [0.25, 0.3) is 0 Å². The highest BCUT2D eigenvalue weighted by atomic mass is 19.4. The molecule has 0 saturated carbocycles. The maximum atomic E-state index is 12.0. The summed E-state index contributed by atoms with van der Waals surface area (Å²) in [6, 6.07) is 14.8. The number of hydrogen-bond acceptors (Lipinski definition) is 2. The first-order valence-electron chi connectivity index (χ1n) is 5.55. The second-order valence-electron chi connectivity index (χ2n) is 3.79. The standard InChI is InChI=1S/C14H11F3O2/c15-14(16,17)19-13-8-6-12(7-9-13)18-10-11-4-2-1-3-5-11/h1-9H,10H2. The van der Waals surface area contributed by atoms with E-state index in [4.69, 9.17) is 4.74 Å². The molecule has 0 saturated heterocycles. The monoisotopic (exact) mass is 268 g/mol. The first kappa shape index (κ1) is 13.3. The van der Waals surface area contributed by atoms with Gasteiger partial charge in [0.2, 0.25) is 0 Å². The lowest BCUT2D eigenvalue weighted by Crippen LogP contribution is -2.16. The molecule has 2 nitrogen and oxygen atoms in total. The van der Waals surface area contributed by atoms with E-state index >= 15 is 0 Å². The molecule has 0 unspecified atom stereocenters. The quantitative estimate of drug-likeness (QED) is 0.828. The summed E-state index contributed by atoms with van der Waals surface area (Å²) in [7, 11) is 0. The molecule has 0 aromatic heterocycles. The normalized spacial score (nSPS) is 11.1. The Bertz CT molecular complexity index is 506. The predicted octanol–water partition coefficient (Wildman–Crippen LogP) is 4.16. The Morgan fingerprint density at radius 2 is 1.37 bits per heavy atom. The Morgan fingerprint density at radius 3 is 1.95 bits per heavy atom. The van der Waals surface area contributed by atoms with E-state index < -0.39 is 6.36 Å². The number of benzene rings is 2. The van der Waals surface area contributed by atoms with Crippen LogP contribution in [0.3, 0.4) is 0 Å². The SMILES string of the molecule is FC(F)(F)Oc1ccc(OCc2ccccc2)cc1. The molecule has 0 amide bonds. The Balaban J connectivity index is 1.92. The van der Waals surface area contributed by atoms with E-state index in [0.717, 1.165) is 5.56 Å². The van der Waals surface area contributed by atoms with E-state index in [-0.39, 0.29) is 5.75 Å². The zero-order valence-corrected chi connectivity index (χ0v) is 9.85. The summed E-state index contributed by atoms with van der Waals surface area (Å²) in [6.07, 6.45) is -4.67. The van der Waals surface area contributed by atoms with Crippen molar-refractivity contribution >= 4 is 0 Å². The molecule has 0 atom stereocenters. The molecule has 0 heterocycles. The minimum Gasteiger partial charge on any atom is -0.489 e. The molecular formula is C14H11F3O2. The van der Waals surface area contributed by atoms with Crippen LogP contribution in [0.2, 0.25) is 0 Å². The lowest BCUT2D eigenvalue weighted by atomic mass is 10.2. The van der Waals surface area contributed by atoms with Crippen LogP contribution in [-0.4, -0.2) is 6.36 Å². The number of hydrogen-bond donors (Lipinski definition) is 0. The summed E-state index contributed by atoms with van der Waals surface area (Å²) >= 11 is 0. The topological polar surface area (TPSA) is 18.5 Å². The minimum atomic E-state index is -4.67. The van der Waals surface area contributed by atoms with Crippen molar-refractivity contribution in [3.63, 3.8) is 0 Å². The molecule has 100 valence electrons. The molecule has 0 radical (unpaired) electrons. The first-order chi connectivity index (χ1) is 9.03. The molecule has 2 rings (SSSR count). The van der Waals surface area contributed by atoms with Gasteiger partial charge in [-0.15, -0.1) is 13.2 Å². The number of alkyl halides is 3. The highest BCUT2D eigenvalue weighted by Gasteiger charge is 2.30. The van der Waals surface area contributed by atoms with Crippen LogP contribution in [0.15, 0.2) is 54.6 Å². The van der Waals surface area contributed by atoms with Crippen molar-refractivity contribution in [2.24, 2.45) is 0 Å². The average Bonchev–Trinajstić information content (AvgIpc) is 2.37. The van der Waals surface area contributed by atoms with Gasteiger partial charge in [-0.1, -0.05) is 30.3 Å². The van der Waals surface area contributed by atoms with Crippen molar-refractivity contribution in [3.05, 3.63) is 60.2 Å². The highest BCUT2D eigenvalue weighted by molar-refractivity contribution is 5.31. The molecule has 0 bridgehead atoms. The molecule has 0 spiro atoms. The number of rotatable bonds is 4. The maximum Gasteiger partial charge on any atom is 0.573 e. The minimum absolute atomic E-state index is 0.264. The molecule has 5 heteroatoms. The summed E-state index contributed by atoms with van der Waals surface area (Å²) < 4.78 is 45.1. The third kappa shape index (κ3) is 4.54. The van der Waals surface area contributed by atoms with Gasteiger partial charge in [0.1, 0.15) is 18.1 Å². The van der Waals surface area contributed by atoms with Gasteiger partial charge in [-0.25, -0.2) is 0 Å². The number of ether oxygens (including phenoxy) is 2. The Hall–Kier alpha value is -2.17. The molecule has 2 aromatic rings. The Labute approximate surface area is 108 Å². The summed E-state index contributed by atoms with van der Waals surface area (Å²) in [6.45, 7) is 0.361. The van der Waals surface area contributed by atoms with Crippen LogP contribution >= 0.6 is 0 Å². The molecular weight excluding hydrogens is 257 g/mol. The highest BCUT2D eigenvalue weighted by Crippen LogP contribution is 2.24. The molecule has 2 aromatic carbocycles. The smallest absolute Gasteiger partial charge is 0.489 e. The van der Waals surface area contributed by atoms with Gasteiger partial charge in [-0.05, 0) is 29.8 Å². The third-order valence-corrected chi connectivity index (χ3v) is 2.31. The van der Waals surface area contributed by atoms with E-state index in [9.17, 15) is 13.2 Å². The van der Waals surface area contributed by atoms with Crippen molar-refractivity contribution < 1.29 is 22.6 Å². The van der Waals surface area contributed by atoms with Crippen molar-refractivity contribution in [3.8, 4) is 11.5 Å². The van der Waals surface area contributed by atoms with Crippen molar-refractivity contribution in [2.75, 3.05) is 0 Å². The molecule has 0 aliphatic heterocycles. The van der Waals surface area contributed by atoms with Gasteiger partial charge < -0.3 is 9.47 Å². The summed E-state index contributed by atoms with van der Waals surface area (Å²) in [5.74, 6) is 0.220. The van der Waals surface area contributed by atoms with Crippen LogP contribution < -0.4 is 9.47 Å². The lowest BCUT2D eigenvalue weighted by molar-refractivity contribution is -0.274. The number of halogens is 3. The second kappa shape index (κ2) is 5.65. The summed E-state index contributed by atoms with van der Waals surface area (Å²) in [5.41, 5.74) is 0.984. The molecule has 0 N–H and O–H groups in total. The van der Waals surface area contributed by atoms with Gasteiger partial charge in [0.05, 0.1) is 0 Å². The second-order valence-corrected chi connectivity index (χ2v) is 3.79. The fourth-order valence-electron chi connectivity index (χ4n) is 1.48. The Morgan fingerprint density at radius 1 is 0.789 bits per heavy atom. The van der Waals surface area contributed by atoms with E-state index in [1.54, 1.807) is 0 Å². The van der Waals surface area contributed by atoms with Crippen molar-refractivity contribution in [1.82, 2.24) is 0 Å². The fraction of sp³-hybridized carbons (Fsp3) is 0.143. The summed E-state index contributed by atoms with van der Waals surface area (Å²) in [5, 5.41) is 0. The molecule has 0 aliphatic rings. The van der Waals surface area contributed by atoms with E-state index in [1.807, 2.05) is 30.3 Å². The van der Waals surface area contributed by atoms with Gasteiger partial charge in [-0.2, -0.15) is 0 Å². The van der Waals surface area contributed by atoms with Crippen LogP contribution in [0.5, 0.6) is 11.5 Å². The van der Waals surface area contributed by atoms with Crippen molar-refractivity contribution in [2.45, 2.75) is 13.0 Å². The molecule has 0 fully saturated rings. The zero-order valence-electron chi connectivity index (χ0n) is 9.85. The van der Waals surface area contributed by atoms with Gasteiger partial charge in [0.15, 0.2) is 0 Å². The van der Waals surface area contributed by atoms with Gasteiger partial charge in [0, 0.05) is 0 Å². The van der Waals surface area contributed by atoms with Crippen LogP contribution in [0, 0.1) is 0 Å². The Kier molecular flexibility index (Phi) is 3.94. The lowest BCUT2D eigenvalue weighted by Gasteiger charge is -2.10. The van der Waals surface area contributed by atoms with Gasteiger partial charge >= 0.3 is 6.36 Å². The maximum absolute atomic E-state index is 12.0. The molecule has 0 aliphatic carbocycles. The third-order valence-electron chi connectivity index (χ3n) is 2.31. The van der Waals surface area contributed by atoms with Gasteiger partial charge in [-0.3, -0.25) is 0 Å². The van der Waals surface area contributed by atoms with Crippen LogP contribution in [0.1, 0.15) is 5.56 Å². The summed E-state index contributed by atoms with van der Waals surface area (Å²) in [4.78, 5) is 0. The zero-order chi connectivity index (χ0) is 13.7. The van der Waals surface area contributed by atoms with Crippen LogP contribution in [0.4, 0.5) is 13.2 Å². The van der Waals surface area contributed by atoms with E-state index in [2.05, 4.69) is 4.74 Å². The van der Waals surface area contributed by atoms with E-state index in [1.165, 1.54) is 24.3 Å². The van der Waals surface area contributed by atoms with Crippen LogP contribution in [-0.2, 0) is 6.61 Å². The largest absolute Gasteiger partial charge is 0.573 e. The first-order valence-corrected chi connectivity index (χ1v) is 5.55. The fourth-order valence-corrected chi connectivity index (χ4v) is 1.48. The van der Waals surface area contributed by atoms with Crippen molar-refractivity contribution in [1.29, 1.82) is 0 Å². The average molecular weight is 268 g/mol. The molecule has 19 heavy (non-hydrogen) atoms.